The summed E-state index contributed by atoms with van der Waals surface area (Å²) in [7, 11) is 0. The van der Waals surface area contributed by atoms with Gasteiger partial charge in [0.15, 0.2) is 0 Å². The first-order valence-corrected chi connectivity index (χ1v) is 11.2. The number of benzene rings is 2. The number of fused-ring (bicyclic) bond motifs is 1. The molecule has 8 heteroatoms. The quantitative estimate of drug-likeness (QED) is 0.558. The normalized spacial score (nSPS) is 12.8. The molecule has 2 aromatic carbocycles. The van der Waals surface area contributed by atoms with Crippen LogP contribution in [0.5, 0.6) is 0 Å². The van der Waals surface area contributed by atoms with Gasteiger partial charge in [0, 0.05) is 34.9 Å². The van der Waals surface area contributed by atoms with E-state index in [2.05, 4.69) is 15.6 Å². The van der Waals surface area contributed by atoms with Crippen molar-refractivity contribution in [3.63, 3.8) is 0 Å². The molecule has 4 rings (SSSR count). The molecule has 0 saturated carbocycles. The van der Waals surface area contributed by atoms with Crippen LogP contribution in [0.1, 0.15) is 11.1 Å². The average Bonchev–Trinajstić information content (AvgIpc) is 2.78. The van der Waals surface area contributed by atoms with Crippen molar-refractivity contribution in [2.24, 2.45) is 0 Å². The van der Waals surface area contributed by atoms with E-state index in [9.17, 15) is 9.59 Å². The highest BCUT2D eigenvalue weighted by Gasteiger charge is 2.23. The molecule has 3 amide bonds. The number of nitrogens with one attached hydrogen (secondary N) is 2. The van der Waals surface area contributed by atoms with Crippen LogP contribution in [0.25, 0.3) is 0 Å². The number of nitrogens with zero attached hydrogens (tertiary/aromatic N) is 2. The van der Waals surface area contributed by atoms with Crippen LogP contribution in [-0.4, -0.2) is 29.2 Å². The Balaban J connectivity index is 1.37. The van der Waals surface area contributed by atoms with E-state index in [0.717, 1.165) is 27.6 Å². The van der Waals surface area contributed by atoms with Gasteiger partial charge in [-0.3, -0.25) is 9.69 Å². The van der Waals surface area contributed by atoms with E-state index in [1.54, 1.807) is 47.1 Å². The molecule has 0 saturated heterocycles. The highest BCUT2D eigenvalue weighted by Crippen LogP contribution is 2.32. The first kappa shape index (κ1) is 21.2. The minimum Gasteiger partial charge on any atom is -0.326 e. The third kappa shape index (κ3) is 5.00. The van der Waals surface area contributed by atoms with Crippen LogP contribution in [0.4, 0.5) is 21.9 Å². The summed E-state index contributed by atoms with van der Waals surface area (Å²) in [4.78, 5) is 31.2. The number of anilines is 3. The first-order valence-electron chi connectivity index (χ1n) is 9.81. The Morgan fingerprint density at radius 2 is 1.90 bits per heavy atom. The summed E-state index contributed by atoms with van der Waals surface area (Å²) < 4.78 is 0. The minimum atomic E-state index is -0.198. The number of hydrogen-bond acceptors (Lipinski definition) is 4. The second-order valence-corrected chi connectivity index (χ2v) is 8.58. The van der Waals surface area contributed by atoms with Crippen molar-refractivity contribution in [3.05, 3.63) is 76.9 Å². The van der Waals surface area contributed by atoms with Crippen LogP contribution in [-0.2, 0) is 11.2 Å². The Kier molecular flexibility index (Phi) is 6.44. The van der Waals surface area contributed by atoms with E-state index < -0.39 is 0 Å². The molecule has 1 aromatic heterocycles. The molecule has 158 valence electrons. The number of aromatic nitrogens is 1. The lowest BCUT2D eigenvalue weighted by molar-refractivity contribution is -0.115. The smallest absolute Gasteiger partial charge is 0.326 e. The summed E-state index contributed by atoms with van der Waals surface area (Å²) in [6.45, 7) is 2.49. The second-order valence-electron chi connectivity index (χ2n) is 7.09. The van der Waals surface area contributed by atoms with Crippen molar-refractivity contribution in [2.45, 2.75) is 18.4 Å². The highest BCUT2D eigenvalue weighted by molar-refractivity contribution is 7.99. The fourth-order valence-corrected chi connectivity index (χ4v) is 4.39. The lowest BCUT2D eigenvalue weighted by Crippen LogP contribution is -2.38. The van der Waals surface area contributed by atoms with E-state index in [1.807, 2.05) is 37.3 Å². The number of halogens is 1. The maximum Gasteiger partial charge on any atom is 0.326 e. The number of hydrogen-bond donors (Lipinski definition) is 2. The number of rotatable bonds is 4. The Bertz CT molecular complexity index is 1120. The number of pyridine rings is 1. The Morgan fingerprint density at radius 1 is 1.10 bits per heavy atom. The molecule has 0 atom stereocenters. The molecule has 6 nitrogen and oxygen atoms in total. The van der Waals surface area contributed by atoms with Crippen molar-refractivity contribution >= 4 is 52.4 Å². The summed E-state index contributed by atoms with van der Waals surface area (Å²) in [5.74, 6) is 0.675. The number of amides is 3. The molecule has 31 heavy (non-hydrogen) atoms. The fraction of sp³-hybridized carbons (Fsp3) is 0.174. The van der Waals surface area contributed by atoms with Gasteiger partial charge in [0.05, 0.1) is 12.1 Å². The van der Waals surface area contributed by atoms with E-state index in [4.69, 9.17) is 11.6 Å². The summed E-state index contributed by atoms with van der Waals surface area (Å²) in [5, 5.41) is 7.29. The van der Waals surface area contributed by atoms with Gasteiger partial charge in [-0.05, 0) is 54.4 Å². The van der Waals surface area contributed by atoms with Gasteiger partial charge in [-0.25, -0.2) is 9.78 Å². The third-order valence-corrected chi connectivity index (χ3v) is 6.34. The van der Waals surface area contributed by atoms with Gasteiger partial charge < -0.3 is 10.6 Å². The minimum absolute atomic E-state index is 0.128. The van der Waals surface area contributed by atoms with Gasteiger partial charge in [0.2, 0.25) is 5.91 Å². The van der Waals surface area contributed by atoms with E-state index in [1.165, 1.54) is 0 Å². The zero-order valence-corrected chi connectivity index (χ0v) is 18.5. The summed E-state index contributed by atoms with van der Waals surface area (Å²) in [5.41, 5.74) is 3.88. The van der Waals surface area contributed by atoms with Gasteiger partial charge in [-0.1, -0.05) is 29.8 Å². The summed E-state index contributed by atoms with van der Waals surface area (Å²) in [6, 6.07) is 16.2. The zero-order valence-electron chi connectivity index (χ0n) is 16.9. The Morgan fingerprint density at radius 3 is 2.71 bits per heavy atom. The number of urea groups is 1. The average molecular weight is 453 g/mol. The molecule has 1 aliphatic heterocycles. The van der Waals surface area contributed by atoms with Crippen LogP contribution in [0, 0.1) is 6.92 Å². The van der Waals surface area contributed by atoms with Crippen LogP contribution >= 0.6 is 23.4 Å². The zero-order chi connectivity index (χ0) is 21.8. The predicted molar refractivity (Wildman–Crippen MR) is 126 cm³/mol. The molecule has 2 N–H and O–H groups in total. The number of thioether (sulfide) groups is 1. The Hall–Kier alpha value is -3.03. The van der Waals surface area contributed by atoms with Gasteiger partial charge in [0.1, 0.15) is 5.03 Å². The SMILES string of the molecule is Cc1c(Cl)cccc1NC(=O)Cc1ccc(NC(=O)N2CCSc3ncccc32)cc1. The summed E-state index contributed by atoms with van der Waals surface area (Å²) >= 11 is 7.75. The van der Waals surface area contributed by atoms with Gasteiger partial charge in [-0.2, -0.15) is 0 Å². The van der Waals surface area contributed by atoms with E-state index in [0.29, 0.717) is 22.9 Å². The maximum atomic E-state index is 12.8. The molecule has 0 fully saturated rings. The number of carbonyl (C=O) groups is 2. The van der Waals surface area contributed by atoms with Crippen molar-refractivity contribution in [3.8, 4) is 0 Å². The lowest BCUT2D eigenvalue weighted by atomic mass is 10.1. The van der Waals surface area contributed by atoms with Crippen LogP contribution in [0.2, 0.25) is 5.02 Å². The first-order chi connectivity index (χ1) is 15.0. The van der Waals surface area contributed by atoms with Crippen LogP contribution < -0.4 is 15.5 Å². The highest BCUT2D eigenvalue weighted by atomic mass is 35.5. The molecule has 1 aliphatic rings. The predicted octanol–water partition coefficient (Wildman–Crippen LogP) is 5.37. The Labute approximate surface area is 190 Å². The molecular weight excluding hydrogens is 432 g/mol. The molecular formula is C23H21ClN4O2S. The molecule has 0 bridgehead atoms. The van der Waals surface area contributed by atoms with Crippen LogP contribution in [0.15, 0.2) is 65.8 Å². The molecule has 2 heterocycles. The standard InChI is InChI=1S/C23H21ClN4O2S/c1-15-18(24)4-2-5-19(15)27-21(29)14-16-7-9-17(10-8-16)26-23(30)28-12-13-31-22-20(28)6-3-11-25-22/h2-11H,12-14H2,1H3,(H,26,30)(H,27,29). The van der Waals surface area contributed by atoms with Gasteiger partial charge in [0.25, 0.3) is 0 Å². The monoisotopic (exact) mass is 452 g/mol. The van der Waals surface area contributed by atoms with Crippen LogP contribution in [0.3, 0.4) is 0 Å². The van der Waals surface area contributed by atoms with E-state index >= 15 is 0 Å². The molecule has 0 radical (unpaired) electrons. The largest absolute Gasteiger partial charge is 0.326 e. The van der Waals surface area contributed by atoms with Crippen molar-refractivity contribution in [1.29, 1.82) is 0 Å². The van der Waals surface area contributed by atoms with Gasteiger partial charge in [-0.15, -0.1) is 11.8 Å². The fourth-order valence-electron chi connectivity index (χ4n) is 3.28. The third-order valence-electron chi connectivity index (χ3n) is 4.95. The molecule has 3 aromatic rings. The topological polar surface area (TPSA) is 74.3 Å². The molecule has 0 spiro atoms. The molecule has 0 aliphatic carbocycles. The summed E-state index contributed by atoms with van der Waals surface area (Å²) in [6.07, 6.45) is 1.96. The maximum absolute atomic E-state index is 12.8. The second kappa shape index (κ2) is 9.41. The number of carbonyl (C=O) groups excluding carboxylic acids is 2. The van der Waals surface area contributed by atoms with E-state index in [-0.39, 0.29) is 18.4 Å². The van der Waals surface area contributed by atoms with Crippen molar-refractivity contribution in [1.82, 2.24) is 4.98 Å². The van der Waals surface area contributed by atoms with Crippen molar-refractivity contribution in [2.75, 3.05) is 27.8 Å². The van der Waals surface area contributed by atoms with Gasteiger partial charge >= 0.3 is 6.03 Å². The molecule has 0 unspecified atom stereocenters. The lowest BCUT2D eigenvalue weighted by Gasteiger charge is -2.28. The van der Waals surface area contributed by atoms with Crippen molar-refractivity contribution < 1.29 is 9.59 Å².